The standard InChI is InChI=1S/C39H32N4/c1-23-22-24(2)41-38(40-23)30-18-14-28(15-19-30)36-32-10-6-8-12-34(32)37(35-13-9-7-11-33(35)36)29-16-20-31(21-17-29)39-42-26(4)25(3)27(5)43-39/h6-22H,1-5H3. The van der Waals surface area contributed by atoms with Gasteiger partial charge in [-0.05, 0) is 90.0 Å². The quantitative estimate of drug-likeness (QED) is 0.203. The predicted molar refractivity (Wildman–Crippen MR) is 178 cm³/mol. The van der Waals surface area contributed by atoms with Gasteiger partial charge in [-0.3, -0.25) is 0 Å². The van der Waals surface area contributed by atoms with Crippen molar-refractivity contribution in [2.45, 2.75) is 34.6 Å². The number of rotatable bonds is 4. The zero-order valence-electron chi connectivity index (χ0n) is 25.1. The summed E-state index contributed by atoms with van der Waals surface area (Å²) in [4.78, 5) is 18.9. The maximum absolute atomic E-state index is 4.77. The summed E-state index contributed by atoms with van der Waals surface area (Å²) < 4.78 is 0. The van der Waals surface area contributed by atoms with E-state index in [1.807, 2.05) is 33.8 Å². The van der Waals surface area contributed by atoms with Gasteiger partial charge in [-0.25, -0.2) is 19.9 Å². The Labute approximate surface area is 252 Å². The molecule has 0 N–H and O–H groups in total. The van der Waals surface area contributed by atoms with Crippen LogP contribution in [0.2, 0.25) is 0 Å². The van der Waals surface area contributed by atoms with Crippen molar-refractivity contribution in [3.8, 4) is 45.0 Å². The third-order valence-corrected chi connectivity index (χ3v) is 8.41. The fourth-order valence-corrected chi connectivity index (χ4v) is 6.08. The van der Waals surface area contributed by atoms with Crippen molar-refractivity contribution in [2.24, 2.45) is 0 Å². The van der Waals surface area contributed by atoms with Crippen LogP contribution in [-0.4, -0.2) is 19.9 Å². The van der Waals surface area contributed by atoms with Crippen molar-refractivity contribution in [1.29, 1.82) is 0 Å². The molecule has 0 spiro atoms. The molecule has 43 heavy (non-hydrogen) atoms. The van der Waals surface area contributed by atoms with Crippen LogP contribution < -0.4 is 0 Å². The topological polar surface area (TPSA) is 51.6 Å². The van der Waals surface area contributed by atoms with Crippen molar-refractivity contribution in [3.63, 3.8) is 0 Å². The van der Waals surface area contributed by atoms with E-state index in [0.29, 0.717) is 0 Å². The van der Waals surface area contributed by atoms with E-state index in [1.54, 1.807) is 0 Å². The van der Waals surface area contributed by atoms with Crippen molar-refractivity contribution in [1.82, 2.24) is 19.9 Å². The third-order valence-electron chi connectivity index (χ3n) is 8.41. The lowest BCUT2D eigenvalue weighted by atomic mass is 9.85. The largest absolute Gasteiger partial charge is 0.233 e. The Morgan fingerprint density at radius 2 is 0.698 bits per heavy atom. The Morgan fingerprint density at radius 3 is 1.07 bits per heavy atom. The average molecular weight is 557 g/mol. The fraction of sp³-hybridized carbons (Fsp3) is 0.128. The average Bonchev–Trinajstić information content (AvgIpc) is 3.02. The molecule has 0 fully saturated rings. The number of aryl methyl sites for hydroxylation is 4. The van der Waals surface area contributed by atoms with Crippen LogP contribution in [0.3, 0.4) is 0 Å². The molecule has 5 aromatic carbocycles. The monoisotopic (exact) mass is 556 g/mol. The first-order chi connectivity index (χ1) is 20.9. The van der Waals surface area contributed by atoms with Crippen LogP contribution in [-0.2, 0) is 0 Å². The molecule has 4 nitrogen and oxygen atoms in total. The number of fused-ring (bicyclic) bond motifs is 2. The molecular formula is C39H32N4. The van der Waals surface area contributed by atoms with Crippen LogP contribution >= 0.6 is 0 Å². The first-order valence-corrected chi connectivity index (χ1v) is 14.7. The van der Waals surface area contributed by atoms with Crippen LogP contribution in [0.25, 0.3) is 66.6 Å². The van der Waals surface area contributed by atoms with Gasteiger partial charge in [0.1, 0.15) is 0 Å². The Kier molecular flexibility index (Phi) is 6.55. The molecule has 0 saturated carbocycles. The van der Waals surface area contributed by atoms with Gasteiger partial charge in [0.05, 0.1) is 0 Å². The van der Waals surface area contributed by atoms with Crippen LogP contribution in [0.1, 0.15) is 28.3 Å². The first kappa shape index (κ1) is 26.7. The van der Waals surface area contributed by atoms with E-state index in [1.165, 1.54) is 43.8 Å². The molecule has 7 rings (SSSR count). The fourth-order valence-electron chi connectivity index (χ4n) is 6.08. The second kappa shape index (κ2) is 10.6. The lowest BCUT2D eigenvalue weighted by Gasteiger charge is -2.18. The zero-order chi connectivity index (χ0) is 29.7. The van der Waals surface area contributed by atoms with E-state index in [2.05, 4.69) is 114 Å². The number of hydrogen-bond acceptors (Lipinski definition) is 4. The highest BCUT2D eigenvalue weighted by molar-refractivity contribution is 6.21. The summed E-state index contributed by atoms with van der Waals surface area (Å²) in [6.45, 7) is 10.2. The molecule has 4 heteroatoms. The SMILES string of the molecule is Cc1cc(C)nc(-c2ccc(-c3c4ccccc4c(-c4ccc(-c5nc(C)c(C)c(C)n5)cc4)c4ccccc34)cc2)n1. The van der Waals surface area contributed by atoms with E-state index in [4.69, 9.17) is 9.97 Å². The molecule has 0 atom stereocenters. The highest BCUT2D eigenvalue weighted by Crippen LogP contribution is 2.44. The van der Waals surface area contributed by atoms with Gasteiger partial charge in [0, 0.05) is 33.9 Å². The van der Waals surface area contributed by atoms with Gasteiger partial charge in [-0.15, -0.1) is 0 Å². The molecule has 0 aliphatic carbocycles. The molecule has 2 aromatic heterocycles. The van der Waals surface area contributed by atoms with Crippen molar-refractivity contribution < 1.29 is 0 Å². The van der Waals surface area contributed by atoms with E-state index in [-0.39, 0.29) is 0 Å². The summed E-state index contributed by atoms with van der Waals surface area (Å²) in [5, 5.41) is 4.90. The third kappa shape index (κ3) is 4.75. The summed E-state index contributed by atoms with van der Waals surface area (Å²) in [7, 11) is 0. The summed E-state index contributed by atoms with van der Waals surface area (Å²) in [5.74, 6) is 1.53. The Balaban J connectivity index is 1.38. The summed E-state index contributed by atoms with van der Waals surface area (Å²) in [5.41, 5.74) is 12.0. The number of nitrogens with zero attached hydrogens (tertiary/aromatic N) is 4. The van der Waals surface area contributed by atoms with Gasteiger partial charge in [-0.1, -0.05) is 97.1 Å². The number of aromatic nitrogens is 4. The summed E-state index contributed by atoms with van der Waals surface area (Å²) >= 11 is 0. The van der Waals surface area contributed by atoms with Gasteiger partial charge < -0.3 is 0 Å². The predicted octanol–water partition coefficient (Wildman–Crippen LogP) is 9.78. The maximum Gasteiger partial charge on any atom is 0.159 e. The molecule has 2 heterocycles. The number of hydrogen-bond donors (Lipinski definition) is 0. The van der Waals surface area contributed by atoms with Gasteiger partial charge in [0.25, 0.3) is 0 Å². The second-order valence-corrected chi connectivity index (χ2v) is 11.3. The van der Waals surface area contributed by atoms with E-state index >= 15 is 0 Å². The molecule has 0 saturated heterocycles. The summed E-state index contributed by atoms with van der Waals surface area (Å²) in [6, 6.07) is 36.8. The lowest BCUT2D eigenvalue weighted by molar-refractivity contribution is 1.02. The Hall–Kier alpha value is -5.22. The molecule has 0 amide bonds. The minimum absolute atomic E-state index is 0.763. The Morgan fingerprint density at radius 1 is 0.372 bits per heavy atom. The smallest absolute Gasteiger partial charge is 0.159 e. The normalized spacial score (nSPS) is 11.4. The maximum atomic E-state index is 4.77. The molecule has 7 aromatic rings. The first-order valence-electron chi connectivity index (χ1n) is 14.7. The molecule has 0 aliphatic rings. The Bertz CT molecular complexity index is 2060. The molecule has 0 radical (unpaired) electrons. The molecular weight excluding hydrogens is 524 g/mol. The molecule has 0 bridgehead atoms. The van der Waals surface area contributed by atoms with Crippen LogP contribution in [0.15, 0.2) is 103 Å². The summed E-state index contributed by atoms with van der Waals surface area (Å²) in [6.07, 6.45) is 0. The van der Waals surface area contributed by atoms with Crippen molar-refractivity contribution in [3.05, 3.63) is 131 Å². The van der Waals surface area contributed by atoms with Crippen LogP contribution in [0.4, 0.5) is 0 Å². The minimum Gasteiger partial charge on any atom is -0.233 e. The zero-order valence-corrected chi connectivity index (χ0v) is 25.1. The van der Waals surface area contributed by atoms with Crippen molar-refractivity contribution in [2.75, 3.05) is 0 Å². The minimum atomic E-state index is 0.763. The van der Waals surface area contributed by atoms with E-state index < -0.39 is 0 Å². The highest BCUT2D eigenvalue weighted by atomic mass is 14.9. The van der Waals surface area contributed by atoms with Crippen LogP contribution in [0, 0.1) is 34.6 Å². The molecule has 208 valence electrons. The number of benzene rings is 5. The van der Waals surface area contributed by atoms with Gasteiger partial charge in [0.15, 0.2) is 11.6 Å². The molecule has 0 unspecified atom stereocenters. The molecule has 0 aliphatic heterocycles. The lowest BCUT2D eigenvalue weighted by Crippen LogP contribution is -1.99. The van der Waals surface area contributed by atoms with E-state index in [9.17, 15) is 0 Å². The second-order valence-electron chi connectivity index (χ2n) is 11.3. The van der Waals surface area contributed by atoms with Gasteiger partial charge in [-0.2, -0.15) is 0 Å². The van der Waals surface area contributed by atoms with Gasteiger partial charge >= 0.3 is 0 Å². The van der Waals surface area contributed by atoms with Gasteiger partial charge in [0.2, 0.25) is 0 Å². The van der Waals surface area contributed by atoms with E-state index in [0.717, 1.165) is 51.1 Å². The van der Waals surface area contributed by atoms with Crippen molar-refractivity contribution >= 4 is 21.5 Å². The van der Waals surface area contributed by atoms with Crippen LogP contribution in [0.5, 0.6) is 0 Å². The highest BCUT2D eigenvalue weighted by Gasteiger charge is 2.17.